The van der Waals surface area contributed by atoms with E-state index < -0.39 is 0 Å². The van der Waals surface area contributed by atoms with Crippen molar-refractivity contribution in [3.8, 4) is 0 Å². The van der Waals surface area contributed by atoms with E-state index in [0.717, 1.165) is 19.3 Å². The number of fused-ring (bicyclic) bond motifs is 1. The second-order valence-electron chi connectivity index (χ2n) is 8.20. The maximum atomic E-state index is 12.8. The Morgan fingerprint density at radius 2 is 1.76 bits per heavy atom. The van der Waals surface area contributed by atoms with E-state index in [2.05, 4.69) is 27.7 Å². The van der Waals surface area contributed by atoms with E-state index >= 15 is 0 Å². The van der Waals surface area contributed by atoms with E-state index in [4.69, 9.17) is 4.74 Å². The lowest BCUT2D eigenvalue weighted by atomic mass is 9.51. The molecular weight excluding hydrogens is 264 g/mol. The van der Waals surface area contributed by atoms with Crippen LogP contribution in [0, 0.1) is 22.2 Å². The quantitative estimate of drug-likeness (QED) is 0.732. The molecule has 2 aliphatic rings. The molecule has 0 aromatic carbocycles. The lowest BCUT2D eigenvalue weighted by Gasteiger charge is -2.53. The lowest BCUT2D eigenvalue weighted by molar-refractivity contribution is -0.145. The highest BCUT2D eigenvalue weighted by atomic mass is 16.5. The van der Waals surface area contributed by atoms with Gasteiger partial charge in [-0.15, -0.1) is 0 Å². The van der Waals surface area contributed by atoms with Gasteiger partial charge >= 0.3 is 5.97 Å². The highest BCUT2D eigenvalue weighted by molar-refractivity contribution is 5.86. The summed E-state index contributed by atoms with van der Waals surface area (Å²) in [5.41, 5.74) is 0.179. The Hall–Kier alpha value is -0.860. The minimum Gasteiger partial charge on any atom is -0.465 e. The van der Waals surface area contributed by atoms with Gasteiger partial charge < -0.3 is 4.74 Å². The monoisotopic (exact) mass is 294 g/mol. The topological polar surface area (TPSA) is 43.4 Å². The number of hydrogen-bond acceptors (Lipinski definition) is 3. The maximum absolute atomic E-state index is 12.8. The van der Waals surface area contributed by atoms with Crippen molar-refractivity contribution in [1.82, 2.24) is 0 Å². The summed E-state index contributed by atoms with van der Waals surface area (Å²) in [5.74, 6) is 0.607. The molecule has 0 aromatic rings. The summed E-state index contributed by atoms with van der Waals surface area (Å²) in [7, 11) is 0. The number of carbonyl (C=O) groups excluding carboxylic acids is 2. The average Bonchev–Trinajstić information content (AvgIpc) is 2.63. The summed E-state index contributed by atoms with van der Waals surface area (Å²) >= 11 is 0. The molecule has 0 saturated heterocycles. The molecule has 0 spiro atoms. The van der Waals surface area contributed by atoms with Crippen LogP contribution in [0.25, 0.3) is 0 Å². The zero-order valence-electron chi connectivity index (χ0n) is 14.3. The minimum atomic E-state index is -0.303. The Morgan fingerprint density at radius 3 is 2.38 bits per heavy atom. The first-order valence-electron chi connectivity index (χ1n) is 8.30. The van der Waals surface area contributed by atoms with Crippen molar-refractivity contribution in [3.63, 3.8) is 0 Å². The van der Waals surface area contributed by atoms with Gasteiger partial charge in [0.2, 0.25) is 0 Å². The number of rotatable bonds is 4. The molecule has 3 nitrogen and oxygen atoms in total. The van der Waals surface area contributed by atoms with Crippen LogP contribution in [0.1, 0.15) is 73.1 Å². The maximum Gasteiger partial charge on any atom is 0.302 e. The first-order chi connectivity index (χ1) is 9.63. The van der Waals surface area contributed by atoms with Crippen LogP contribution in [-0.4, -0.2) is 18.4 Å². The van der Waals surface area contributed by atoms with Crippen LogP contribution in [-0.2, 0) is 14.3 Å². The number of ether oxygens (including phenoxy) is 1. The highest BCUT2D eigenvalue weighted by Gasteiger charge is 2.61. The number of Topliss-reactive ketones (excluding diaryl/α,β-unsaturated/α-hetero) is 1. The molecule has 0 aromatic heterocycles. The van der Waals surface area contributed by atoms with Crippen LogP contribution >= 0.6 is 0 Å². The van der Waals surface area contributed by atoms with Crippen LogP contribution in [0.5, 0.6) is 0 Å². The predicted octanol–water partition coefficient (Wildman–Crippen LogP) is 4.14. The standard InChI is InChI=1S/C18H30O3/c1-13(19)21-12-8-15(20)18(5)11-7-14-16(2,3)9-6-10-17(14,18)4/h14H,6-12H2,1-5H3/t14-,17-,18-/m0/s1. The largest absolute Gasteiger partial charge is 0.465 e. The Balaban J connectivity index is 2.15. The third kappa shape index (κ3) is 2.64. The Labute approximate surface area is 128 Å². The van der Waals surface area contributed by atoms with Gasteiger partial charge in [0.25, 0.3) is 0 Å². The molecule has 2 rings (SSSR count). The van der Waals surface area contributed by atoms with Crippen LogP contribution < -0.4 is 0 Å². The molecule has 2 aliphatic carbocycles. The predicted molar refractivity (Wildman–Crippen MR) is 82.8 cm³/mol. The normalized spacial score (nSPS) is 37.9. The Bertz CT molecular complexity index is 440. The van der Waals surface area contributed by atoms with E-state index in [1.54, 1.807) is 0 Å². The smallest absolute Gasteiger partial charge is 0.302 e. The molecule has 2 fully saturated rings. The molecule has 0 bridgehead atoms. The third-order valence-corrected chi connectivity index (χ3v) is 6.67. The van der Waals surface area contributed by atoms with Gasteiger partial charge in [0.05, 0.1) is 6.61 Å². The van der Waals surface area contributed by atoms with E-state index in [0.29, 0.717) is 17.8 Å². The van der Waals surface area contributed by atoms with Crippen molar-refractivity contribution in [2.75, 3.05) is 6.61 Å². The number of ketones is 1. The van der Waals surface area contributed by atoms with Crippen LogP contribution in [0.2, 0.25) is 0 Å². The van der Waals surface area contributed by atoms with Gasteiger partial charge in [-0.25, -0.2) is 0 Å². The SMILES string of the molecule is CC(=O)OCCC(=O)[C@]1(C)CC[C@H]2C(C)(C)CCC[C@@]21C. The Kier molecular flexibility index (Phi) is 4.25. The van der Waals surface area contributed by atoms with Gasteiger partial charge in [-0.1, -0.05) is 34.1 Å². The molecule has 0 unspecified atom stereocenters. The molecule has 0 N–H and O–H groups in total. The summed E-state index contributed by atoms with van der Waals surface area (Å²) in [5, 5.41) is 0. The van der Waals surface area contributed by atoms with Crippen molar-refractivity contribution < 1.29 is 14.3 Å². The van der Waals surface area contributed by atoms with Crippen molar-refractivity contribution in [1.29, 1.82) is 0 Å². The van der Waals surface area contributed by atoms with Crippen LogP contribution in [0.15, 0.2) is 0 Å². The second kappa shape index (κ2) is 5.40. The Morgan fingerprint density at radius 1 is 1.10 bits per heavy atom. The molecule has 0 aliphatic heterocycles. The number of esters is 1. The van der Waals surface area contributed by atoms with Crippen LogP contribution in [0.3, 0.4) is 0 Å². The zero-order chi connectivity index (χ0) is 15.9. The van der Waals surface area contributed by atoms with E-state index in [1.165, 1.54) is 19.8 Å². The van der Waals surface area contributed by atoms with E-state index in [1.807, 2.05) is 0 Å². The fourth-order valence-electron chi connectivity index (χ4n) is 5.23. The fourth-order valence-corrected chi connectivity index (χ4v) is 5.23. The summed E-state index contributed by atoms with van der Waals surface area (Å²) in [6.07, 6.45) is 6.13. The molecule has 0 heterocycles. The minimum absolute atomic E-state index is 0.0993. The summed E-state index contributed by atoms with van der Waals surface area (Å²) in [4.78, 5) is 23.7. The van der Waals surface area contributed by atoms with Gasteiger partial charge in [-0.3, -0.25) is 9.59 Å². The number of hydrogen-bond donors (Lipinski definition) is 0. The first-order valence-corrected chi connectivity index (χ1v) is 8.30. The molecule has 21 heavy (non-hydrogen) atoms. The summed E-state index contributed by atoms with van der Waals surface area (Å²) < 4.78 is 4.97. The van der Waals surface area contributed by atoms with Gasteiger partial charge in [-0.05, 0) is 42.4 Å². The highest BCUT2D eigenvalue weighted by Crippen LogP contribution is 2.67. The molecular formula is C18H30O3. The molecule has 120 valence electrons. The average molecular weight is 294 g/mol. The van der Waals surface area contributed by atoms with E-state index in [9.17, 15) is 9.59 Å². The van der Waals surface area contributed by atoms with Gasteiger partial charge in [0.1, 0.15) is 5.78 Å². The van der Waals surface area contributed by atoms with Gasteiger partial charge in [0.15, 0.2) is 0 Å². The van der Waals surface area contributed by atoms with Gasteiger partial charge in [-0.2, -0.15) is 0 Å². The lowest BCUT2D eigenvalue weighted by Crippen LogP contribution is -2.49. The second-order valence-corrected chi connectivity index (χ2v) is 8.20. The zero-order valence-corrected chi connectivity index (χ0v) is 14.3. The summed E-state index contributed by atoms with van der Waals surface area (Å²) in [6, 6.07) is 0. The molecule has 0 amide bonds. The molecule has 3 heteroatoms. The molecule has 2 saturated carbocycles. The van der Waals surface area contributed by atoms with Crippen molar-refractivity contribution >= 4 is 11.8 Å². The van der Waals surface area contributed by atoms with Crippen molar-refractivity contribution in [3.05, 3.63) is 0 Å². The summed E-state index contributed by atoms with van der Waals surface area (Å²) in [6.45, 7) is 10.8. The number of carbonyl (C=O) groups is 2. The van der Waals surface area contributed by atoms with Crippen LogP contribution in [0.4, 0.5) is 0 Å². The third-order valence-electron chi connectivity index (χ3n) is 6.67. The van der Waals surface area contributed by atoms with E-state index in [-0.39, 0.29) is 29.2 Å². The first kappa shape index (κ1) is 16.5. The molecule has 0 radical (unpaired) electrons. The molecule has 3 atom stereocenters. The fraction of sp³-hybridized carbons (Fsp3) is 0.889. The van der Waals surface area contributed by atoms with Crippen molar-refractivity contribution in [2.24, 2.45) is 22.2 Å². The van der Waals surface area contributed by atoms with Gasteiger partial charge in [0, 0.05) is 18.8 Å². The van der Waals surface area contributed by atoms with Crippen molar-refractivity contribution in [2.45, 2.75) is 73.1 Å².